The van der Waals surface area contributed by atoms with E-state index in [4.69, 9.17) is 4.74 Å². The molecule has 0 spiro atoms. The van der Waals surface area contributed by atoms with Crippen LogP contribution in [-0.2, 0) is 16.1 Å². The van der Waals surface area contributed by atoms with Gasteiger partial charge >= 0.3 is 0 Å². The van der Waals surface area contributed by atoms with E-state index in [9.17, 15) is 4.79 Å². The van der Waals surface area contributed by atoms with Crippen molar-refractivity contribution < 1.29 is 9.53 Å². The lowest BCUT2D eigenvalue weighted by molar-refractivity contribution is -0.114. The lowest BCUT2D eigenvalue weighted by Gasteiger charge is -2.22. The van der Waals surface area contributed by atoms with E-state index in [-0.39, 0.29) is 12.0 Å². The monoisotopic (exact) mass is 223 g/mol. The van der Waals surface area contributed by atoms with Gasteiger partial charge in [-0.3, -0.25) is 9.48 Å². The normalized spacial score (nSPS) is 20.7. The van der Waals surface area contributed by atoms with E-state index in [0.717, 1.165) is 31.7 Å². The van der Waals surface area contributed by atoms with Crippen molar-refractivity contribution in [2.75, 3.05) is 11.9 Å². The molecule has 88 valence electrons. The SMILES string of the molecule is CC(=O)Nc1cnn(C[C@@H]2CCCCO2)c1. The van der Waals surface area contributed by atoms with Crippen molar-refractivity contribution in [1.82, 2.24) is 9.78 Å². The Morgan fingerprint density at radius 2 is 2.56 bits per heavy atom. The summed E-state index contributed by atoms with van der Waals surface area (Å²) in [5, 5.41) is 6.88. The fourth-order valence-electron chi connectivity index (χ4n) is 1.89. The Morgan fingerprint density at radius 3 is 3.25 bits per heavy atom. The predicted molar refractivity (Wildman–Crippen MR) is 60.1 cm³/mol. The maximum absolute atomic E-state index is 10.8. The number of nitrogens with one attached hydrogen (secondary N) is 1. The van der Waals surface area contributed by atoms with Gasteiger partial charge in [0.15, 0.2) is 0 Å². The first-order valence-electron chi connectivity index (χ1n) is 5.65. The van der Waals surface area contributed by atoms with E-state index in [0.29, 0.717) is 0 Å². The van der Waals surface area contributed by atoms with Gasteiger partial charge in [0.25, 0.3) is 0 Å². The molecule has 1 aliphatic rings. The van der Waals surface area contributed by atoms with Crippen LogP contribution in [0.25, 0.3) is 0 Å². The number of carbonyl (C=O) groups excluding carboxylic acids is 1. The summed E-state index contributed by atoms with van der Waals surface area (Å²) in [7, 11) is 0. The highest BCUT2D eigenvalue weighted by atomic mass is 16.5. The van der Waals surface area contributed by atoms with Crippen LogP contribution < -0.4 is 5.32 Å². The molecule has 5 nitrogen and oxygen atoms in total. The Kier molecular flexibility index (Phi) is 3.56. The molecule has 0 radical (unpaired) electrons. The zero-order valence-corrected chi connectivity index (χ0v) is 9.48. The van der Waals surface area contributed by atoms with Gasteiger partial charge in [-0.1, -0.05) is 0 Å². The van der Waals surface area contributed by atoms with Crippen LogP contribution in [0.15, 0.2) is 12.4 Å². The fraction of sp³-hybridized carbons (Fsp3) is 0.636. The molecule has 0 aromatic carbocycles. The number of nitrogens with zero attached hydrogens (tertiary/aromatic N) is 2. The minimum atomic E-state index is -0.0755. The Labute approximate surface area is 94.8 Å². The van der Waals surface area contributed by atoms with Gasteiger partial charge in [0, 0.05) is 19.7 Å². The minimum Gasteiger partial charge on any atom is -0.376 e. The van der Waals surface area contributed by atoms with Crippen LogP contribution in [0.5, 0.6) is 0 Å². The van der Waals surface area contributed by atoms with Crippen molar-refractivity contribution in [3.8, 4) is 0 Å². The average Bonchev–Trinajstić information content (AvgIpc) is 2.66. The summed E-state index contributed by atoms with van der Waals surface area (Å²) < 4.78 is 7.44. The lowest BCUT2D eigenvalue weighted by atomic mass is 10.1. The first-order valence-corrected chi connectivity index (χ1v) is 5.65. The molecular formula is C11H17N3O2. The number of amides is 1. The highest BCUT2D eigenvalue weighted by molar-refractivity contribution is 5.88. The number of aromatic nitrogens is 2. The number of ether oxygens (including phenoxy) is 1. The molecule has 0 saturated carbocycles. The molecule has 1 atom stereocenters. The van der Waals surface area contributed by atoms with Gasteiger partial charge in [-0.05, 0) is 19.3 Å². The van der Waals surface area contributed by atoms with Crippen molar-refractivity contribution >= 4 is 11.6 Å². The van der Waals surface area contributed by atoms with Crippen LogP contribution in [0.2, 0.25) is 0 Å². The molecule has 16 heavy (non-hydrogen) atoms. The number of anilines is 1. The zero-order valence-electron chi connectivity index (χ0n) is 9.48. The van der Waals surface area contributed by atoms with E-state index in [2.05, 4.69) is 10.4 Å². The van der Waals surface area contributed by atoms with Gasteiger partial charge in [0.1, 0.15) is 0 Å². The molecule has 1 fully saturated rings. The molecule has 2 rings (SSSR count). The summed E-state index contributed by atoms with van der Waals surface area (Å²) in [5.41, 5.74) is 0.739. The van der Waals surface area contributed by atoms with E-state index in [1.54, 1.807) is 6.20 Å². The summed E-state index contributed by atoms with van der Waals surface area (Å²) >= 11 is 0. The van der Waals surface area contributed by atoms with Crippen molar-refractivity contribution in [3.05, 3.63) is 12.4 Å². The van der Waals surface area contributed by atoms with Gasteiger partial charge in [-0.25, -0.2) is 0 Å². The van der Waals surface area contributed by atoms with Gasteiger partial charge in [-0.2, -0.15) is 5.10 Å². The van der Waals surface area contributed by atoms with E-state index < -0.39 is 0 Å². The van der Waals surface area contributed by atoms with Gasteiger partial charge in [0.2, 0.25) is 5.91 Å². The standard InChI is InChI=1S/C11H17N3O2/c1-9(15)13-10-6-12-14(7-10)8-11-4-2-3-5-16-11/h6-7,11H,2-5,8H2,1H3,(H,13,15)/t11-/m0/s1. The molecule has 0 aliphatic carbocycles. The molecule has 0 unspecified atom stereocenters. The van der Waals surface area contributed by atoms with Crippen molar-refractivity contribution in [1.29, 1.82) is 0 Å². The molecular weight excluding hydrogens is 206 g/mol. The van der Waals surface area contributed by atoms with Gasteiger partial charge in [0.05, 0.1) is 24.5 Å². The van der Waals surface area contributed by atoms with Crippen LogP contribution in [-0.4, -0.2) is 28.4 Å². The third kappa shape index (κ3) is 3.06. The zero-order chi connectivity index (χ0) is 11.4. The van der Waals surface area contributed by atoms with Crippen LogP contribution in [0.4, 0.5) is 5.69 Å². The molecule has 0 bridgehead atoms. The Morgan fingerprint density at radius 1 is 1.69 bits per heavy atom. The maximum Gasteiger partial charge on any atom is 0.221 e. The highest BCUT2D eigenvalue weighted by Crippen LogP contribution is 2.15. The quantitative estimate of drug-likeness (QED) is 0.843. The molecule has 2 heterocycles. The summed E-state index contributed by atoms with van der Waals surface area (Å²) in [6.45, 7) is 3.10. The smallest absolute Gasteiger partial charge is 0.221 e. The third-order valence-electron chi connectivity index (χ3n) is 2.62. The lowest BCUT2D eigenvalue weighted by Crippen LogP contribution is -2.24. The van der Waals surface area contributed by atoms with Crippen LogP contribution in [0.3, 0.4) is 0 Å². The summed E-state index contributed by atoms with van der Waals surface area (Å²) in [6, 6.07) is 0. The number of carbonyl (C=O) groups is 1. The van der Waals surface area contributed by atoms with Crippen molar-refractivity contribution in [2.24, 2.45) is 0 Å². The second kappa shape index (κ2) is 5.12. The van der Waals surface area contributed by atoms with Crippen LogP contribution in [0.1, 0.15) is 26.2 Å². The molecule has 1 aliphatic heterocycles. The average molecular weight is 223 g/mol. The highest BCUT2D eigenvalue weighted by Gasteiger charge is 2.14. The molecule has 1 aromatic rings. The Balaban J connectivity index is 1.88. The van der Waals surface area contributed by atoms with Crippen LogP contribution in [0, 0.1) is 0 Å². The molecule has 1 amide bonds. The molecule has 1 aromatic heterocycles. The van der Waals surface area contributed by atoms with Gasteiger partial charge in [-0.15, -0.1) is 0 Å². The van der Waals surface area contributed by atoms with E-state index in [1.165, 1.54) is 13.3 Å². The molecule has 1 saturated heterocycles. The molecule has 5 heteroatoms. The molecule has 1 N–H and O–H groups in total. The first kappa shape index (κ1) is 11.1. The first-order chi connectivity index (χ1) is 7.74. The second-order valence-electron chi connectivity index (χ2n) is 4.12. The maximum atomic E-state index is 10.8. The third-order valence-corrected chi connectivity index (χ3v) is 2.62. The largest absolute Gasteiger partial charge is 0.376 e. The Bertz CT molecular complexity index is 356. The Hall–Kier alpha value is -1.36. The summed E-state index contributed by atoms with van der Waals surface area (Å²) in [4.78, 5) is 10.8. The van der Waals surface area contributed by atoms with Crippen molar-refractivity contribution in [3.63, 3.8) is 0 Å². The fourth-order valence-corrected chi connectivity index (χ4v) is 1.89. The number of hydrogen-bond acceptors (Lipinski definition) is 3. The number of rotatable bonds is 3. The summed E-state index contributed by atoms with van der Waals surface area (Å²) in [6.07, 6.45) is 7.23. The van der Waals surface area contributed by atoms with Crippen LogP contribution >= 0.6 is 0 Å². The predicted octanol–water partition coefficient (Wildman–Crippen LogP) is 1.41. The number of hydrogen-bond donors (Lipinski definition) is 1. The summed E-state index contributed by atoms with van der Waals surface area (Å²) in [5.74, 6) is -0.0755. The topological polar surface area (TPSA) is 56.2 Å². The van der Waals surface area contributed by atoms with Crippen molar-refractivity contribution in [2.45, 2.75) is 38.8 Å². The second-order valence-corrected chi connectivity index (χ2v) is 4.12. The van der Waals surface area contributed by atoms with E-state index in [1.807, 2.05) is 10.9 Å². The van der Waals surface area contributed by atoms with E-state index >= 15 is 0 Å². The minimum absolute atomic E-state index is 0.0755. The van der Waals surface area contributed by atoms with Gasteiger partial charge < -0.3 is 10.1 Å².